The lowest BCUT2D eigenvalue weighted by Crippen LogP contribution is -2.05. The fourth-order valence-corrected chi connectivity index (χ4v) is 1.01. The van der Waals surface area contributed by atoms with Gasteiger partial charge >= 0.3 is 5.97 Å². The third kappa shape index (κ3) is 2.75. The Kier molecular flexibility index (Phi) is 3.26. The second kappa shape index (κ2) is 4.45. The largest absolute Gasteiger partial charge is 0.455 e. The Morgan fingerprint density at radius 1 is 1.46 bits per heavy atom. The molecule has 0 saturated heterocycles. The van der Waals surface area contributed by atoms with Crippen LogP contribution in [0.5, 0.6) is 0 Å². The van der Waals surface area contributed by atoms with Crippen LogP contribution in [0, 0.1) is 0 Å². The molecular formula is C11H12O2. The normalized spacial score (nSPS) is 11.8. The Bertz CT molecular complexity index is 290. The van der Waals surface area contributed by atoms with E-state index in [9.17, 15) is 4.79 Å². The summed E-state index contributed by atoms with van der Waals surface area (Å²) < 4.78 is 5.03. The van der Waals surface area contributed by atoms with Crippen molar-refractivity contribution in [3.05, 3.63) is 48.6 Å². The highest BCUT2D eigenvalue weighted by Crippen LogP contribution is 2.15. The van der Waals surface area contributed by atoms with Gasteiger partial charge in [-0.25, -0.2) is 4.79 Å². The summed E-state index contributed by atoms with van der Waals surface area (Å²) in [5.74, 6) is -0.392. The molecule has 0 bridgehead atoms. The van der Waals surface area contributed by atoms with Gasteiger partial charge in [0.05, 0.1) is 0 Å². The van der Waals surface area contributed by atoms with E-state index < -0.39 is 5.97 Å². The average Bonchev–Trinajstić information content (AvgIpc) is 2.19. The predicted molar refractivity (Wildman–Crippen MR) is 51.1 cm³/mol. The fraction of sp³-hybridized carbons (Fsp3) is 0.182. The Hall–Kier alpha value is -1.57. The molecule has 0 radical (unpaired) electrons. The molecule has 0 aliphatic rings. The lowest BCUT2D eigenvalue weighted by molar-refractivity contribution is -0.142. The van der Waals surface area contributed by atoms with Crippen molar-refractivity contribution in [1.82, 2.24) is 0 Å². The van der Waals surface area contributed by atoms with Crippen LogP contribution in [0.2, 0.25) is 0 Å². The highest BCUT2D eigenvalue weighted by Gasteiger charge is 2.07. The van der Waals surface area contributed by atoms with E-state index in [2.05, 4.69) is 6.58 Å². The van der Waals surface area contributed by atoms with Crippen LogP contribution in [-0.4, -0.2) is 5.97 Å². The molecule has 0 saturated carbocycles. The van der Waals surface area contributed by atoms with Crippen LogP contribution in [0.4, 0.5) is 0 Å². The quantitative estimate of drug-likeness (QED) is 0.522. The maximum Gasteiger partial charge on any atom is 0.330 e. The highest BCUT2D eigenvalue weighted by molar-refractivity contribution is 5.81. The van der Waals surface area contributed by atoms with Crippen LogP contribution in [0.3, 0.4) is 0 Å². The number of carbonyl (C=O) groups excluding carboxylic acids is 1. The van der Waals surface area contributed by atoms with E-state index in [-0.39, 0.29) is 6.10 Å². The standard InChI is InChI=1S/C11H12O2/c1-3-11(12)13-9(2)10-7-5-4-6-8-10/h3-9H,1H2,2H3/t9-/m0/s1. The maximum atomic E-state index is 10.9. The van der Waals surface area contributed by atoms with Crippen molar-refractivity contribution in [2.45, 2.75) is 13.0 Å². The summed E-state index contributed by atoms with van der Waals surface area (Å²) in [4.78, 5) is 10.9. The Morgan fingerprint density at radius 3 is 2.62 bits per heavy atom. The first kappa shape index (κ1) is 9.52. The van der Waals surface area contributed by atoms with E-state index in [0.717, 1.165) is 5.56 Å². The van der Waals surface area contributed by atoms with Gasteiger partial charge in [-0.15, -0.1) is 0 Å². The van der Waals surface area contributed by atoms with Gasteiger partial charge in [0.2, 0.25) is 0 Å². The summed E-state index contributed by atoms with van der Waals surface area (Å²) in [7, 11) is 0. The van der Waals surface area contributed by atoms with Crippen LogP contribution in [0.1, 0.15) is 18.6 Å². The SMILES string of the molecule is C=CC(=O)O[C@@H](C)c1ccccc1. The van der Waals surface area contributed by atoms with Gasteiger partial charge in [0, 0.05) is 6.08 Å². The summed E-state index contributed by atoms with van der Waals surface area (Å²) in [5, 5.41) is 0. The molecule has 0 N–H and O–H groups in total. The third-order valence-corrected chi connectivity index (χ3v) is 1.73. The molecule has 2 nitrogen and oxygen atoms in total. The zero-order chi connectivity index (χ0) is 9.68. The van der Waals surface area contributed by atoms with Gasteiger partial charge in [-0.3, -0.25) is 0 Å². The lowest BCUT2D eigenvalue weighted by Gasteiger charge is -2.11. The molecular weight excluding hydrogens is 164 g/mol. The second-order valence-corrected chi connectivity index (χ2v) is 2.69. The first-order valence-corrected chi connectivity index (χ1v) is 4.12. The molecule has 0 aliphatic heterocycles. The Morgan fingerprint density at radius 2 is 2.08 bits per heavy atom. The maximum absolute atomic E-state index is 10.9. The number of benzene rings is 1. The van der Waals surface area contributed by atoms with Crippen LogP contribution in [0.25, 0.3) is 0 Å². The van der Waals surface area contributed by atoms with Gasteiger partial charge in [-0.2, -0.15) is 0 Å². The Balaban J connectivity index is 2.63. The van der Waals surface area contributed by atoms with E-state index in [1.165, 1.54) is 6.08 Å². The van der Waals surface area contributed by atoms with E-state index >= 15 is 0 Å². The minimum atomic E-state index is -0.392. The van der Waals surface area contributed by atoms with Gasteiger partial charge < -0.3 is 4.74 Å². The average molecular weight is 176 g/mol. The molecule has 0 spiro atoms. The predicted octanol–water partition coefficient (Wildman–Crippen LogP) is 2.48. The van der Waals surface area contributed by atoms with Crippen molar-refractivity contribution >= 4 is 5.97 Å². The molecule has 0 aromatic heterocycles. The van der Waals surface area contributed by atoms with Gasteiger partial charge in [-0.05, 0) is 12.5 Å². The molecule has 13 heavy (non-hydrogen) atoms. The summed E-state index contributed by atoms with van der Waals surface area (Å²) in [6, 6.07) is 9.58. The number of esters is 1. The molecule has 1 rings (SSSR count). The topological polar surface area (TPSA) is 26.3 Å². The van der Waals surface area contributed by atoms with Gasteiger partial charge in [-0.1, -0.05) is 36.9 Å². The van der Waals surface area contributed by atoms with Gasteiger partial charge in [0.1, 0.15) is 6.10 Å². The van der Waals surface area contributed by atoms with Crippen LogP contribution in [0.15, 0.2) is 43.0 Å². The van der Waals surface area contributed by atoms with E-state index in [0.29, 0.717) is 0 Å². The smallest absolute Gasteiger partial charge is 0.330 e. The van der Waals surface area contributed by atoms with Crippen LogP contribution < -0.4 is 0 Å². The van der Waals surface area contributed by atoms with Crippen LogP contribution in [-0.2, 0) is 9.53 Å². The van der Waals surface area contributed by atoms with E-state index in [1.807, 2.05) is 37.3 Å². The van der Waals surface area contributed by atoms with Gasteiger partial charge in [0.25, 0.3) is 0 Å². The molecule has 0 fully saturated rings. The van der Waals surface area contributed by atoms with E-state index in [4.69, 9.17) is 4.74 Å². The number of rotatable bonds is 3. The van der Waals surface area contributed by atoms with E-state index in [1.54, 1.807) is 0 Å². The molecule has 68 valence electrons. The summed E-state index contributed by atoms with van der Waals surface area (Å²) in [6.07, 6.45) is 0.950. The second-order valence-electron chi connectivity index (χ2n) is 2.69. The third-order valence-electron chi connectivity index (χ3n) is 1.73. The summed E-state index contributed by atoms with van der Waals surface area (Å²) in [6.45, 7) is 5.16. The fourth-order valence-electron chi connectivity index (χ4n) is 1.01. The molecule has 0 unspecified atom stereocenters. The number of carbonyl (C=O) groups is 1. The zero-order valence-electron chi connectivity index (χ0n) is 7.57. The van der Waals surface area contributed by atoms with Gasteiger partial charge in [0.15, 0.2) is 0 Å². The van der Waals surface area contributed by atoms with Crippen molar-refractivity contribution in [3.8, 4) is 0 Å². The minimum Gasteiger partial charge on any atom is -0.455 e. The number of hydrogen-bond donors (Lipinski definition) is 0. The van der Waals surface area contributed by atoms with Crippen molar-refractivity contribution in [2.24, 2.45) is 0 Å². The molecule has 1 aromatic rings. The summed E-state index contributed by atoms with van der Waals surface area (Å²) in [5.41, 5.74) is 0.984. The first-order valence-electron chi connectivity index (χ1n) is 4.12. The number of hydrogen-bond acceptors (Lipinski definition) is 2. The minimum absolute atomic E-state index is 0.216. The molecule has 0 heterocycles. The monoisotopic (exact) mass is 176 g/mol. The number of ether oxygens (including phenoxy) is 1. The van der Waals surface area contributed by atoms with Crippen molar-refractivity contribution in [2.75, 3.05) is 0 Å². The molecule has 1 atom stereocenters. The molecule has 2 heteroatoms. The zero-order valence-corrected chi connectivity index (χ0v) is 7.57. The van der Waals surface area contributed by atoms with Crippen molar-refractivity contribution in [1.29, 1.82) is 0 Å². The van der Waals surface area contributed by atoms with Crippen LogP contribution >= 0.6 is 0 Å². The first-order chi connectivity index (χ1) is 6.24. The molecule has 0 aliphatic carbocycles. The van der Waals surface area contributed by atoms with Crippen molar-refractivity contribution < 1.29 is 9.53 Å². The van der Waals surface area contributed by atoms with Crippen molar-refractivity contribution in [3.63, 3.8) is 0 Å². The Labute approximate surface area is 77.8 Å². The molecule has 1 aromatic carbocycles. The summed E-state index contributed by atoms with van der Waals surface area (Å²) >= 11 is 0. The lowest BCUT2D eigenvalue weighted by atomic mass is 10.1. The highest BCUT2D eigenvalue weighted by atomic mass is 16.5. The molecule has 0 amide bonds.